The minimum atomic E-state index is -0.275. The van der Waals surface area contributed by atoms with Crippen molar-refractivity contribution in [2.45, 2.75) is 13.1 Å². The van der Waals surface area contributed by atoms with Crippen molar-refractivity contribution in [2.24, 2.45) is 0 Å². The van der Waals surface area contributed by atoms with E-state index < -0.39 is 0 Å². The summed E-state index contributed by atoms with van der Waals surface area (Å²) in [6.07, 6.45) is 5.43. The van der Waals surface area contributed by atoms with Gasteiger partial charge in [0.15, 0.2) is 0 Å². The van der Waals surface area contributed by atoms with Gasteiger partial charge < -0.3 is 20.5 Å². The van der Waals surface area contributed by atoms with E-state index in [0.717, 1.165) is 22.1 Å². The minimum Gasteiger partial charge on any atom is -0.350 e. The Kier molecular flexibility index (Phi) is 7.40. The number of benzene rings is 2. The first-order chi connectivity index (χ1) is 14.1. The van der Waals surface area contributed by atoms with E-state index in [4.69, 9.17) is 0 Å². The maximum atomic E-state index is 12.0. The molecule has 7 nitrogen and oxygen atoms in total. The molecule has 0 saturated carbocycles. The second-order valence-electron chi connectivity index (χ2n) is 6.43. The number of carbonyl (C=O) groups excluding carboxylic acids is 2. The van der Waals surface area contributed by atoms with Crippen LogP contribution in [-0.4, -0.2) is 34.6 Å². The summed E-state index contributed by atoms with van der Waals surface area (Å²) in [5, 5.41) is 8.33. The third-order valence-corrected chi connectivity index (χ3v) is 4.70. The van der Waals surface area contributed by atoms with Crippen LogP contribution in [0.3, 0.4) is 0 Å². The van der Waals surface area contributed by atoms with E-state index >= 15 is 0 Å². The molecule has 0 radical (unpaired) electrons. The van der Waals surface area contributed by atoms with E-state index in [0.29, 0.717) is 25.2 Å². The van der Waals surface area contributed by atoms with E-state index in [9.17, 15) is 9.59 Å². The fourth-order valence-corrected chi connectivity index (χ4v) is 2.99. The number of rotatable bonds is 8. The molecule has 2 aromatic carbocycles. The van der Waals surface area contributed by atoms with Gasteiger partial charge in [0.1, 0.15) is 0 Å². The molecule has 0 unspecified atom stereocenters. The fraction of sp³-hybridized carbons (Fsp3) is 0.190. The van der Waals surface area contributed by atoms with Crippen molar-refractivity contribution in [3.05, 3.63) is 88.4 Å². The molecule has 3 N–H and O–H groups in total. The Hall–Kier alpha value is -3.13. The maximum absolute atomic E-state index is 12.0. The lowest BCUT2D eigenvalue weighted by Gasteiger charge is -2.10. The number of hydrogen-bond acceptors (Lipinski definition) is 3. The van der Waals surface area contributed by atoms with Crippen LogP contribution in [0, 0.1) is 0 Å². The molecule has 1 aromatic heterocycles. The summed E-state index contributed by atoms with van der Waals surface area (Å²) in [7, 11) is 0. The van der Waals surface area contributed by atoms with Crippen LogP contribution in [0.1, 0.15) is 21.5 Å². The van der Waals surface area contributed by atoms with Gasteiger partial charge in [0, 0.05) is 48.6 Å². The number of carbonyl (C=O) groups is 2. The van der Waals surface area contributed by atoms with Crippen LogP contribution in [0.2, 0.25) is 0 Å². The Labute approximate surface area is 177 Å². The fourth-order valence-electron chi connectivity index (χ4n) is 2.73. The monoisotopic (exact) mass is 455 g/mol. The second kappa shape index (κ2) is 10.4. The van der Waals surface area contributed by atoms with E-state index in [1.807, 2.05) is 41.1 Å². The molecule has 0 bridgehead atoms. The van der Waals surface area contributed by atoms with Gasteiger partial charge in [-0.1, -0.05) is 40.2 Å². The minimum absolute atomic E-state index is 0.172. The molecule has 0 atom stereocenters. The Morgan fingerprint density at radius 2 is 1.72 bits per heavy atom. The summed E-state index contributed by atoms with van der Waals surface area (Å²) < 4.78 is 2.90. The van der Waals surface area contributed by atoms with Gasteiger partial charge in [0.25, 0.3) is 5.91 Å². The number of aromatic nitrogens is 2. The Balaban J connectivity index is 1.35. The van der Waals surface area contributed by atoms with E-state index in [2.05, 4.69) is 42.9 Å². The van der Waals surface area contributed by atoms with Crippen molar-refractivity contribution in [3.63, 3.8) is 0 Å². The summed E-state index contributed by atoms with van der Waals surface area (Å²) in [5.74, 6) is -0.172. The van der Waals surface area contributed by atoms with Crippen LogP contribution >= 0.6 is 15.9 Å². The first-order valence-electron chi connectivity index (χ1n) is 9.19. The third kappa shape index (κ3) is 6.76. The zero-order valence-corrected chi connectivity index (χ0v) is 17.4. The van der Waals surface area contributed by atoms with Gasteiger partial charge in [-0.25, -0.2) is 9.78 Å². The number of hydrogen-bond donors (Lipinski definition) is 3. The van der Waals surface area contributed by atoms with Crippen LogP contribution in [0.25, 0.3) is 0 Å². The number of urea groups is 1. The molecule has 29 heavy (non-hydrogen) atoms. The third-order valence-electron chi connectivity index (χ3n) is 4.17. The molecule has 0 aliphatic carbocycles. The molecule has 150 valence electrons. The normalized spacial score (nSPS) is 10.4. The van der Waals surface area contributed by atoms with Gasteiger partial charge in [-0.3, -0.25) is 4.79 Å². The van der Waals surface area contributed by atoms with Gasteiger partial charge in [-0.15, -0.1) is 0 Å². The quantitative estimate of drug-likeness (QED) is 0.456. The lowest BCUT2D eigenvalue weighted by Crippen LogP contribution is -2.40. The topological polar surface area (TPSA) is 88.0 Å². The van der Waals surface area contributed by atoms with Crippen LogP contribution < -0.4 is 16.0 Å². The number of imidazole rings is 1. The van der Waals surface area contributed by atoms with Crippen molar-refractivity contribution in [3.8, 4) is 0 Å². The van der Waals surface area contributed by atoms with Gasteiger partial charge in [-0.05, 0) is 35.4 Å². The number of amides is 3. The predicted molar refractivity (Wildman–Crippen MR) is 114 cm³/mol. The Bertz CT molecular complexity index is 942. The first-order valence-corrected chi connectivity index (χ1v) is 9.98. The molecule has 0 spiro atoms. The van der Waals surface area contributed by atoms with Crippen molar-refractivity contribution in [2.75, 3.05) is 13.1 Å². The average molecular weight is 456 g/mol. The number of nitrogens with zero attached hydrogens (tertiary/aromatic N) is 2. The van der Waals surface area contributed by atoms with Crippen LogP contribution in [0.15, 0.2) is 71.7 Å². The molecule has 3 rings (SSSR count). The lowest BCUT2D eigenvalue weighted by atomic mass is 10.1. The average Bonchev–Trinajstić information content (AvgIpc) is 3.23. The summed E-state index contributed by atoms with van der Waals surface area (Å²) >= 11 is 3.33. The van der Waals surface area contributed by atoms with Gasteiger partial charge in [-0.2, -0.15) is 0 Å². The number of nitrogens with one attached hydrogen (secondary N) is 3. The van der Waals surface area contributed by atoms with Crippen molar-refractivity contribution in [1.82, 2.24) is 25.5 Å². The standard InChI is InChI=1S/C21H22BrN5O2/c22-19-6-4-18(5-7-19)20(28)24-8-9-25-21(29)26-13-16-2-1-3-17(12-16)14-27-11-10-23-15-27/h1-7,10-12,15H,8-9,13-14H2,(H,24,28)(H2,25,26,29). The van der Waals surface area contributed by atoms with Crippen molar-refractivity contribution < 1.29 is 9.59 Å². The molecule has 8 heteroatoms. The Morgan fingerprint density at radius 3 is 2.48 bits per heavy atom. The summed E-state index contributed by atoms with van der Waals surface area (Å²) in [6.45, 7) is 1.85. The molecular formula is C21H22BrN5O2. The maximum Gasteiger partial charge on any atom is 0.315 e. The summed E-state index contributed by atoms with van der Waals surface area (Å²) in [5.41, 5.74) is 2.73. The highest BCUT2D eigenvalue weighted by Crippen LogP contribution is 2.10. The molecule has 3 amide bonds. The zero-order valence-electron chi connectivity index (χ0n) is 15.8. The highest BCUT2D eigenvalue weighted by Gasteiger charge is 2.05. The van der Waals surface area contributed by atoms with Crippen LogP contribution in [0.4, 0.5) is 4.79 Å². The van der Waals surface area contributed by atoms with E-state index in [-0.39, 0.29) is 11.9 Å². The van der Waals surface area contributed by atoms with Gasteiger partial charge in [0.05, 0.1) is 6.33 Å². The lowest BCUT2D eigenvalue weighted by molar-refractivity contribution is 0.0954. The summed E-state index contributed by atoms with van der Waals surface area (Å²) in [4.78, 5) is 28.0. The van der Waals surface area contributed by atoms with Gasteiger partial charge >= 0.3 is 6.03 Å². The summed E-state index contributed by atoms with van der Waals surface area (Å²) in [6, 6.07) is 14.9. The smallest absolute Gasteiger partial charge is 0.315 e. The van der Waals surface area contributed by atoms with E-state index in [1.165, 1.54) is 0 Å². The van der Waals surface area contributed by atoms with Crippen LogP contribution in [0.5, 0.6) is 0 Å². The van der Waals surface area contributed by atoms with Crippen molar-refractivity contribution in [1.29, 1.82) is 0 Å². The molecule has 0 fully saturated rings. The van der Waals surface area contributed by atoms with Gasteiger partial charge in [0.2, 0.25) is 0 Å². The van der Waals surface area contributed by atoms with E-state index in [1.54, 1.807) is 24.7 Å². The molecule has 0 aliphatic rings. The SMILES string of the molecule is O=C(NCCNC(=O)c1ccc(Br)cc1)NCc1cccc(Cn2ccnc2)c1. The second-order valence-corrected chi connectivity index (χ2v) is 7.34. The molecular weight excluding hydrogens is 434 g/mol. The number of halogens is 1. The van der Waals surface area contributed by atoms with Crippen LogP contribution in [-0.2, 0) is 13.1 Å². The highest BCUT2D eigenvalue weighted by molar-refractivity contribution is 9.10. The predicted octanol–water partition coefficient (Wildman–Crippen LogP) is 2.92. The zero-order chi connectivity index (χ0) is 20.5. The highest BCUT2D eigenvalue weighted by atomic mass is 79.9. The Morgan fingerprint density at radius 1 is 0.966 bits per heavy atom. The largest absolute Gasteiger partial charge is 0.350 e. The first kappa shape index (κ1) is 20.6. The molecule has 1 heterocycles. The van der Waals surface area contributed by atoms with Crippen molar-refractivity contribution >= 4 is 27.9 Å². The molecule has 0 aliphatic heterocycles. The molecule has 0 saturated heterocycles. The molecule has 3 aromatic rings.